The first kappa shape index (κ1) is 16.4. The predicted molar refractivity (Wildman–Crippen MR) is 83.1 cm³/mol. The smallest absolute Gasteiger partial charge is 0.315 e. The van der Waals surface area contributed by atoms with E-state index in [0.29, 0.717) is 18.2 Å². The lowest BCUT2D eigenvalue weighted by atomic mass is 9.87. The van der Waals surface area contributed by atoms with Crippen molar-refractivity contribution in [2.45, 2.75) is 58.2 Å². The van der Waals surface area contributed by atoms with Gasteiger partial charge in [0.15, 0.2) is 0 Å². The summed E-state index contributed by atoms with van der Waals surface area (Å²) >= 11 is 0. The summed E-state index contributed by atoms with van der Waals surface area (Å²) in [4.78, 5) is 23.9. The largest absolute Gasteiger partial charge is 0.467 e. The van der Waals surface area contributed by atoms with Crippen molar-refractivity contribution >= 4 is 11.9 Å². The lowest BCUT2D eigenvalue weighted by molar-refractivity contribution is -0.122. The van der Waals surface area contributed by atoms with Crippen molar-refractivity contribution in [3.05, 3.63) is 24.2 Å². The van der Waals surface area contributed by atoms with Crippen LogP contribution in [0, 0.1) is 5.92 Å². The highest BCUT2D eigenvalue weighted by Crippen LogP contribution is 2.23. The average molecular weight is 307 g/mol. The minimum atomic E-state index is -0.587. The van der Waals surface area contributed by atoms with E-state index in [2.05, 4.69) is 22.9 Å². The molecule has 1 heterocycles. The van der Waals surface area contributed by atoms with E-state index >= 15 is 0 Å². The molecule has 2 rings (SSSR count). The Morgan fingerprint density at radius 3 is 2.91 bits per heavy atom. The molecule has 1 aliphatic rings. The first-order valence-corrected chi connectivity index (χ1v) is 7.91. The zero-order valence-corrected chi connectivity index (χ0v) is 13.2. The van der Waals surface area contributed by atoms with E-state index in [0.717, 1.165) is 19.3 Å². The monoisotopic (exact) mass is 307 g/mol. The normalized spacial score (nSPS) is 22.6. The number of furan rings is 1. The van der Waals surface area contributed by atoms with Gasteiger partial charge < -0.3 is 20.4 Å². The van der Waals surface area contributed by atoms with E-state index in [9.17, 15) is 9.59 Å². The summed E-state index contributed by atoms with van der Waals surface area (Å²) in [7, 11) is 0. The number of carbonyl (C=O) groups is 2. The van der Waals surface area contributed by atoms with Crippen molar-refractivity contribution in [2.75, 3.05) is 0 Å². The van der Waals surface area contributed by atoms with Crippen LogP contribution >= 0.6 is 0 Å². The third-order valence-corrected chi connectivity index (χ3v) is 4.03. The van der Waals surface area contributed by atoms with E-state index in [1.165, 1.54) is 6.42 Å². The lowest BCUT2D eigenvalue weighted by Gasteiger charge is -2.28. The molecular weight excluding hydrogens is 282 g/mol. The Balaban J connectivity index is 1.69. The van der Waals surface area contributed by atoms with E-state index in [1.54, 1.807) is 25.3 Å². The Kier molecular flexibility index (Phi) is 5.86. The SMILES string of the molecule is C[C@@H]1CCC[C@H](NC(=O)N[C@H](C)C(=O)NCc2ccco2)C1. The summed E-state index contributed by atoms with van der Waals surface area (Å²) in [6.45, 7) is 4.19. The van der Waals surface area contributed by atoms with Gasteiger partial charge in [-0.25, -0.2) is 4.79 Å². The topological polar surface area (TPSA) is 83.4 Å². The Hall–Kier alpha value is -1.98. The van der Waals surface area contributed by atoms with Gasteiger partial charge in [0.05, 0.1) is 12.8 Å². The summed E-state index contributed by atoms with van der Waals surface area (Å²) in [5.74, 6) is 1.10. The second kappa shape index (κ2) is 7.87. The first-order valence-electron chi connectivity index (χ1n) is 7.91. The van der Waals surface area contributed by atoms with Gasteiger partial charge in [0.1, 0.15) is 11.8 Å². The molecule has 22 heavy (non-hydrogen) atoms. The molecule has 0 bridgehead atoms. The molecule has 0 saturated heterocycles. The number of amides is 3. The highest BCUT2D eigenvalue weighted by molar-refractivity contribution is 5.86. The molecular formula is C16H25N3O3. The zero-order chi connectivity index (χ0) is 15.9. The van der Waals surface area contributed by atoms with Crippen LogP contribution in [0.3, 0.4) is 0 Å². The lowest BCUT2D eigenvalue weighted by Crippen LogP contribution is -2.51. The maximum absolute atomic E-state index is 11.9. The number of carbonyl (C=O) groups excluding carboxylic acids is 2. The van der Waals surface area contributed by atoms with Crippen molar-refractivity contribution < 1.29 is 14.0 Å². The Morgan fingerprint density at radius 1 is 1.41 bits per heavy atom. The molecule has 1 aromatic rings. The van der Waals surface area contributed by atoms with Gasteiger partial charge in [0.25, 0.3) is 0 Å². The molecule has 1 aliphatic carbocycles. The van der Waals surface area contributed by atoms with E-state index in [1.807, 2.05) is 0 Å². The Morgan fingerprint density at radius 2 is 2.23 bits per heavy atom. The van der Waals surface area contributed by atoms with Gasteiger partial charge in [0, 0.05) is 6.04 Å². The van der Waals surface area contributed by atoms with Crippen LogP contribution in [-0.4, -0.2) is 24.0 Å². The fraction of sp³-hybridized carbons (Fsp3) is 0.625. The second-order valence-corrected chi connectivity index (χ2v) is 6.11. The van der Waals surface area contributed by atoms with Crippen LogP contribution in [0.15, 0.2) is 22.8 Å². The van der Waals surface area contributed by atoms with Crippen LogP contribution < -0.4 is 16.0 Å². The van der Waals surface area contributed by atoms with E-state index in [4.69, 9.17) is 4.42 Å². The van der Waals surface area contributed by atoms with Crippen LogP contribution in [0.4, 0.5) is 4.79 Å². The fourth-order valence-corrected chi connectivity index (χ4v) is 2.79. The molecule has 0 aromatic carbocycles. The van der Waals surface area contributed by atoms with Crippen LogP contribution in [0.25, 0.3) is 0 Å². The van der Waals surface area contributed by atoms with Crippen LogP contribution in [0.1, 0.15) is 45.3 Å². The number of hydrogen-bond acceptors (Lipinski definition) is 3. The number of rotatable bonds is 5. The summed E-state index contributed by atoms with van der Waals surface area (Å²) in [5, 5.41) is 8.36. The molecule has 0 radical (unpaired) electrons. The van der Waals surface area contributed by atoms with Crippen molar-refractivity contribution in [1.29, 1.82) is 0 Å². The molecule has 0 spiro atoms. The highest BCUT2D eigenvalue weighted by Gasteiger charge is 2.22. The third kappa shape index (κ3) is 5.09. The summed E-state index contributed by atoms with van der Waals surface area (Å²) in [6, 6.07) is 2.90. The van der Waals surface area contributed by atoms with Crippen LogP contribution in [0.5, 0.6) is 0 Å². The fourth-order valence-electron chi connectivity index (χ4n) is 2.79. The molecule has 122 valence electrons. The van der Waals surface area contributed by atoms with Crippen molar-refractivity contribution in [3.8, 4) is 0 Å². The molecule has 6 heteroatoms. The average Bonchev–Trinajstić information content (AvgIpc) is 2.97. The quantitative estimate of drug-likeness (QED) is 0.779. The first-order chi connectivity index (χ1) is 10.5. The number of urea groups is 1. The molecule has 0 aliphatic heterocycles. The number of nitrogens with one attached hydrogen (secondary N) is 3. The van der Waals surface area contributed by atoms with Crippen LogP contribution in [-0.2, 0) is 11.3 Å². The van der Waals surface area contributed by atoms with Gasteiger partial charge >= 0.3 is 6.03 Å². The van der Waals surface area contributed by atoms with Crippen molar-refractivity contribution in [2.24, 2.45) is 5.92 Å². The minimum absolute atomic E-state index is 0.210. The Bertz CT molecular complexity index is 487. The van der Waals surface area contributed by atoms with Gasteiger partial charge in [-0.3, -0.25) is 4.79 Å². The van der Waals surface area contributed by atoms with Gasteiger partial charge in [-0.2, -0.15) is 0 Å². The molecule has 3 atom stereocenters. The number of hydrogen-bond donors (Lipinski definition) is 3. The highest BCUT2D eigenvalue weighted by atomic mass is 16.3. The molecule has 1 saturated carbocycles. The molecule has 3 amide bonds. The second-order valence-electron chi connectivity index (χ2n) is 6.11. The van der Waals surface area contributed by atoms with Gasteiger partial charge in [-0.15, -0.1) is 0 Å². The maximum Gasteiger partial charge on any atom is 0.315 e. The van der Waals surface area contributed by atoms with Gasteiger partial charge in [-0.05, 0) is 37.8 Å². The zero-order valence-electron chi connectivity index (χ0n) is 13.2. The van der Waals surface area contributed by atoms with Crippen molar-refractivity contribution in [1.82, 2.24) is 16.0 Å². The van der Waals surface area contributed by atoms with E-state index < -0.39 is 6.04 Å². The predicted octanol–water partition coefficient (Wildman–Crippen LogP) is 2.16. The maximum atomic E-state index is 11.9. The molecule has 0 unspecified atom stereocenters. The third-order valence-electron chi connectivity index (χ3n) is 4.03. The molecule has 1 fully saturated rings. The van der Waals surface area contributed by atoms with Crippen LogP contribution in [0.2, 0.25) is 0 Å². The summed E-state index contributed by atoms with van der Waals surface area (Å²) in [5.41, 5.74) is 0. The van der Waals surface area contributed by atoms with E-state index in [-0.39, 0.29) is 18.0 Å². The minimum Gasteiger partial charge on any atom is -0.467 e. The summed E-state index contributed by atoms with van der Waals surface area (Å²) < 4.78 is 5.14. The van der Waals surface area contributed by atoms with Gasteiger partial charge in [-0.1, -0.05) is 19.8 Å². The summed E-state index contributed by atoms with van der Waals surface area (Å²) in [6.07, 6.45) is 5.95. The standard InChI is InChI=1S/C16H25N3O3/c1-11-5-3-6-13(9-11)19-16(21)18-12(2)15(20)17-10-14-7-4-8-22-14/h4,7-8,11-13H,3,5-6,9-10H2,1-2H3,(H,17,20)(H2,18,19,21)/t11-,12-,13+/m1/s1. The molecule has 1 aromatic heterocycles. The Labute approximate surface area is 131 Å². The van der Waals surface area contributed by atoms with Gasteiger partial charge in [0.2, 0.25) is 5.91 Å². The van der Waals surface area contributed by atoms with Crippen molar-refractivity contribution in [3.63, 3.8) is 0 Å². The molecule has 6 nitrogen and oxygen atoms in total. The molecule has 3 N–H and O–H groups in total.